The van der Waals surface area contributed by atoms with Gasteiger partial charge in [-0.15, -0.1) is 10.2 Å². The molecule has 0 spiro atoms. The maximum atomic E-state index is 11.8. The molecule has 6 nitrogen and oxygen atoms in total. The molecule has 0 bridgehead atoms. The number of fused-ring (bicyclic) bond motifs is 1. The van der Waals surface area contributed by atoms with Gasteiger partial charge in [-0.05, 0) is 30.7 Å². The Kier molecular flexibility index (Phi) is 3.86. The van der Waals surface area contributed by atoms with Crippen molar-refractivity contribution in [1.29, 1.82) is 0 Å². The van der Waals surface area contributed by atoms with E-state index >= 15 is 0 Å². The van der Waals surface area contributed by atoms with Crippen LogP contribution in [0.15, 0.2) is 48.9 Å². The number of pyridine rings is 2. The molecule has 3 rings (SSSR count). The van der Waals surface area contributed by atoms with Crippen LogP contribution in [0, 0.1) is 0 Å². The van der Waals surface area contributed by atoms with Crippen molar-refractivity contribution in [2.24, 2.45) is 0 Å². The lowest BCUT2D eigenvalue weighted by molar-refractivity contribution is 0.0953. The Bertz CT molecular complexity index is 738. The van der Waals surface area contributed by atoms with Gasteiger partial charge in [0, 0.05) is 31.6 Å². The highest BCUT2D eigenvalue weighted by atomic mass is 16.1. The fourth-order valence-electron chi connectivity index (χ4n) is 2.11. The number of hydrogen-bond donors (Lipinski definition) is 1. The molecule has 21 heavy (non-hydrogen) atoms. The predicted molar refractivity (Wildman–Crippen MR) is 77.9 cm³/mol. The SMILES string of the molecule is O=C(NCCCc1nnc2ccccn12)c1cccnc1. The molecule has 0 unspecified atom stereocenters. The Hall–Kier alpha value is -2.76. The van der Waals surface area contributed by atoms with Gasteiger partial charge in [-0.2, -0.15) is 0 Å². The molecule has 1 N–H and O–H groups in total. The van der Waals surface area contributed by atoms with E-state index in [0.717, 1.165) is 24.3 Å². The quantitative estimate of drug-likeness (QED) is 0.719. The van der Waals surface area contributed by atoms with E-state index in [1.807, 2.05) is 28.8 Å². The Balaban J connectivity index is 1.52. The zero-order valence-electron chi connectivity index (χ0n) is 11.4. The number of hydrogen-bond acceptors (Lipinski definition) is 4. The van der Waals surface area contributed by atoms with E-state index in [4.69, 9.17) is 0 Å². The first kappa shape index (κ1) is 13.2. The van der Waals surface area contributed by atoms with Crippen LogP contribution in [0.5, 0.6) is 0 Å². The van der Waals surface area contributed by atoms with E-state index in [1.165, 1.54) is 0 Å². The van der Waals surface area contributed by atoms with Crippen LogP contribution in [-0.4, -0.2) is 32.0 Å². The van der Waals surface area contributed by atoms with Crippen LogP contribution < -0.4 is 5.32 Å². The zero-order valence-corrected chi connectivity index (χ0v) is 11.4. The number of amides is 1. The first-order valence-corrected chi connectivity index (χ1v) is 6.81. The highest BCUT2D eigenvalue weighted by Gasteiger charge is 2.06. The van der Waals surface area contributed by atoms with Crippen LogP contribution in [0.3, 0.4) is 0 Å². The standard InChI is InChI=1S/C15H15N5O/c21-15(12-5-3-8-16-11-12)17-9-4-7-14-19-18-13-6-1-2-10-20(13)14/h1-3,5-6,8,10-11H,4,7,9H2,(H,17,21). The minimum absolute atomic E-state index is 0.103. The molecule has 3 aromatic heterocycles. The molecule has 0 saturated heterocycles. The van der Waals surface area contributed by atoms with E-state index in [2.05, 4.69) is 20.5 Å². The summed E-state index contributed by atoms with van der Waals surface area (Å²) < 4.78 is 1.96. The molecule has 106 valence electrons. The molecule has 3 heterocycles. The molecule has 3 aromatic rings. The highest BCUT2D eigenvalue weighted by molar-refractivity contribution is 5.93. The molecule has 0 atom stereocenters. The number of aryl methyl sites for hydroxylation is 1. The van der Waals surface area contributed by atoms with Crippen LogP contribution in [0.4, 0.5) is 0 Å². The maximum absolute atomic E-state index is 11.8. The van der Waals surface area contributed by atoms with Crippen molar-refractivity contribution in [1.82, 2.24) is 24.9 Å². The van der Waals surface area contributed by atoms with Crippen LogP contribution in [0.1, 0.15) is 22.6 Å². The zero-order chi connectivity index (χ0) is 14.5. The molecule has 0 saturated carbocycles. The van der Waals surface area contributed by atoms with E-state index in [9.17, 15) is 4.79 Å². The third-order valence-electron chi connectivity index (χ3n) is 3.17. The summed E-state index contributed by atoms with van der Waals surface area (Å²) in [6.45, 7) is 0.593. The van der Waals surface area contributed by atoms with Crippen LogP contribution in [-0.2, 0) is 6.42 Å². The summed E-state index contributed by atoms with van der Waals surface area (Å²) in [4.78, 5) is 15.8. The van der Waals surface area contributed by atoms with Crippen molar-refractivity contribution < 1.29 is 4.79 Å². The summed E-state index contributed by atoms with van der Waals surface area (Å²) in [6, 6.07) is 9.29. The van der Waals surface area contributed by atoms with Crippen molar-refractivity contribution in [3.63, 3.8) is 0 Å². The fourth-order valence-corrected chi connectivity index (χ4v) is 2.11. The first-order valence-electron chi connectivity index (χ1n) is 6.81. The second kappa shape index (κ2) is 6.13. The van der Waals surface area contributed by atoms with Gasteiger partial charge in [0.15, 0.2) is 5.65 Å². The van der Waals surface area contributed by atoms with E-state index in [1.54, 1.807) is 24.5 Å². The number of rotatable bonds is 5. The van der Waals surface area contributed by atoms with E-state index in [-0.39, 0.29) is 5.91 Å². The van der Waals surface area contributed by atoms with Gasteiger partial charge in [-0.1, -0.05) is 6.07 Å². The summed E-state index contributed by atoms with van der Waals surface area (Å²) in [5.41, 5.74) is 1.41. The lowest BCUT2D eigenvalue weighted by Crippen LogP contribution is -2.24. The largest absolute Gasteiger partial charge is 0.352 e. The predicted octanol–water partition coefficient (Wildman–Crippen LogP) is 1.49. The molecule has 0 radical (unpaired) electrons. The normalized spacial score (nSPS) is 10.7. The van der Waals surface area contributed by atoms with Crippen LogP contribution in [0.2, 0.25) is 0 Å². The number of carbonyl (C=O) groups excluding carboxylic acids is 1. The third-order valence-corrected chi connectivity index (χ3v) is 3.17. The Labute approximate surface area is 121 Å². The lowest BCUT2D eigenvalue weighted by atomic mass is 10.2. The molecular weight excluding hydrogens is 266 g/mol. The summed E-state index contributed by atoms with van der Waals surface area (Å²) in [6.07, 6.45) is 6.72. The number of nitrogens with one attached hydrogen (secondary N) is 1. The van der Waals surface area contributed by atoms with Crippen LogP contribution >= 0.6 is 0 Å². The third kappa shape index (κ3) is 3.05. The fraction of sp³-hybridized carbons (Fsp3) is 0.200. The van der Waals surface area contributed by atoms with Gasteiger partial charge in [-0.25, -0.2) is 0 Å². The van der Waals surface area contributed by atoms with E-state index in [0.29, 0.717) is 12.1 Å². The van der Waals surface area contributed by atoms with E-state index < -0.39 is 0 Å². The molecule has 0 aliphatic rings. The van der Waals surface area contributed by atoms with Crippen molar-refractivity contribution >= 4 is 11.6 Å². The Morgan fingerprint density at radius 3 is 3.00 bits per heavy atom. The molecule has 0 fully saturated rings. The number of nitrogens with zero attached hydrogens (tertiary/aromatic N) is 4. The summed E-state index contributed by atoms with van der Waals surface area (Å²) in [5.74, 6) is 0.801. The molecule has 0 aliphatic heterocycles. The molecular formula is C15H15N5O. The van der Waals surface area contributed by atoms with Gasteiger partial charge >= 0.3 is 0 Å². The highest BCUT2D eigenvalue weighted by Crippen LogP contribution is 2.04. The van der Waals surface area contributed by atoms with Gasteiger partial charge in [0.2, 0.25) is 0 Å². The van der Waals surface area contributed by atoms with Gasteiger partial charge in [0.1, 0.15) is 5.82 Å². The average molecular weight is 281 g/mol. The number of aromatic nitrogens is 4. The van der Waals surface area contributed by atoms with Crippen molar-refractivity contribution in [2.45, 2.75) is 12.8 Å². The molecule has 1 amide bonds. The minimum Gasteiger partial charge on any atom is -0.352 e. The first-order chi connectivity index (χ1) is 10.3. The summed E-state index contributed by atoms with van der Waals surface area (Å²) in [5, 5.41) is 11.1. The molecule has 0 aromatic carbocycles. The second-order valence-corrected chi connectivity index (χ2v) is 4.65. The molecule has 0 aliphatic carbocycles. The monoisotopic (exact) mass is 281 g/mol. The average Bonchev–Trinajstić information content (AvgIpc) is 2.95. The summed E-state index contributed by atoms with van der Waals surface area (Å²) in [7, 11) is 0. The number of carbonyl (C=O) groups is 1. The second-order valence-electron chi connectivity index (χ2n) is 4.65. The molecule has 6 heteroatoms. The summed E-state index contributed by atoms with van der Waals surface area (Å²) >= 11 is 0. The maximum Gasteiger partial charge on any atom is 0.252 e. The topological polar surface area (TPSA) is 72.2 Å². The Morgan fingerprint density at radius 1 is 1.19 bits per heavy atom. The van der Waals surface area contributed by atoms with Gasteiger partial charge in [-0.3, -0.25) is 14.2 Å². The van der Waals surface area contributed by atoms with Crippen molar-refractivity contribution in [3.8, 4) is 0 Å². The lowest BCUT2D eigenvalue weighted by Gasteiger charge is -2.04. The van der Waals surface area contributed by atoms with Crippen molar-refractivity contribution in [3.05, 3.63) is 60.3 Å². The van der Waals surface area contributed by atoms with Gasteiger partial charge in [0.25, 0.3) is 5.91 Å². The smallest absolute Gasteiger partial charge is 0.252 e. The minimum atomic E-state index is -0.103. The van der Waals surface area contributed by atoms with Crippen LogP contribution in [0.25, 0.3) is 5.65 Å². The van der Waals surface area contributed by atoms with Crippen molar-refractivity contribution in [2.75, 3.05) is 6.54 Å². The van der Waals surface area contributed by atoms with Gasteiger partial charge < -0.3 is 5.32 Å². The van der Waals surface area contributed by atoms with Gasteiger partial charge in [0.05, 0.1) is 5.56 Å². The Morgan fingerprint density at radius 2 is 2.14 bits per heavy atom.